The monoisotopic (exact) mass is 340 g/mol. The largest absolute Gasteiger partial charge is 0.484 e. The van der Waals surface area contributed by atoms with Crippen LogP contribution in [0.1, 0.15) is 19.4 Å². The van der Waals surface area contributed by atoms with E-state index in [9.17, 15) is 9.59 Å². The minimum atomic E-state index is -0.577. The molecule has 0 heterocycles. The molecule has 0 aromatic heterocycles. The van der Waals surface area contributed by atoms with E-state index in [-0.39, 0.29) is 18.4 Å². The lowest BCUT2D eigenvalue weighted by Gasteiger charge is -2.28. The van der Waals surface area contributed by atoms with Gasteiger partial charge in [0.1, 0.15) is 11.8 Å². The van der Waals surface area contributed by atoms with Gasteiger partial charge in [-0.3, -0.25) is 9.59 Å². The van der Waals surface area contributed by atoms with Crippen LogP contribution >= 0.6 is 0 Å². The van der Waals surface area contributed by atoms with E-state index in [0.29, 0.717) is 18.8 Å². The SMILES string of the molecule is CCNC(=O)[C@H](C)N(Cc1ccccc1)C(=O)COc1ccccc1. The van der Waals surface area contributed by atoms with E-state index in [2.05, 4.69) is 5.32 Å². The molecule has 2 amide bonds. The first-order valence-electron chi connectivity index (χ1n) is 8.40. The van der Waals surface area contributed by atoms with Gasteiger partial charge in [0, 0.05) is 13.1 Å². The molecular weight excluding hydrogens is 316 g/mol. The summed E-state index contributed by atoms with van der Waals surface area (Å²) in [6.07, 6.45) is 0. The molecule has 0 radical (unpaired) electrons. The highest BCUT2D eigenvalue weighted by atomic mass is 16.5. The molecule has 0 aliphatic carbocycles. The first-order valence-corrected chi connectivity index (χ1v) is 8.40. The number of para-hydroxylation sites is 1. The molecule has 5 heteroatoms. The van der Waals surface area contributed by atoms with E-state index in [1.807, 2.05) is 55.5 Å². The Morgan fingerprint density at radius 2 is 1.64 bits per heavy atom. The average molecular weight is 340 g/mol. The molecule has 2 rings (SSSR count). The van der Waals surface area contributed by atoms with Gasteiger partial charge in [-0.05, 0) is 31.5 Å². The third-order valence-corrected chi connectivity index (χ3v) is 3.82. The van der Waals surface area contributed by atoms with Gasteiger partial charge >= 0.3 is 0 Å². The number of nitrogens with one attached hydrogen (secondary N) is 1. The van der Waals surface area contributed by atoms with Crippen LogP contribution in [0, 0.1) is 0 Å². The topological polar surface area (TPSA) is 58.6 Å². The lowest BCUT2D eigenvalue weighted by Crippen LogP contribution is -2.49. The minimum absolute atomic E-state index is 0.111. The molecule has 0 saturated heterocycles. The third-order valence-electron chi connectivity index (χ3n) is 3.82. The van der Waals surface area contributed by atoms with Crippen LogP contribution in [0.3, 0.4) is 0 Å². The van der Waals surface area contributed by atoms with Crippen LogP contribution in [-0.4, -0.2) is 35.9 Å². The van der Waals surface area contributed by atoms with E-state index >= 15 is 0 Å². The van der Waals surface area contributed by atoms with Gasteiger partial charge in [0.25, 0.3) is 5.91 Å². The van der Waals surface area contributed by atoms with Gasteiger partial charge in [0.2, 0.25) is 5.91 Å². The van der Waals surface area contributed by atoms with Crippen LogP contribution in [0.5, 0.6) is 5.75 Å². The molecule has 0 spiro atoms. The van der Waals surface area contributed by atoms with Crippen molar-refractivity contribution in [1.29, 1.82) is 0 Å². The Hall–Kier alpha value is -2.82. The van der Waals surface area contributed by atoms with Crippen LogP contribution in [0.2, 0.25) is 0 Å². The van der Waals surface area contributed by atoms with Crippen molar-refractivity contribution in [2.45, 2.75) is 26.4 Å². The highest BCUT2D eigenvalue weighted by Gasteiger charge is 2.26. The lowest BCUT2D eigenvalue weighted by atomic mass is 10.1. The first-order chi connectivity index (χ1) is 12.1. The van der Waals surface area contributed by atoms with E-state index in [4.69, 9.17) is 4.74 Å². The number of benzene rings is 2. The van der Waals surface area contributed by atoms with E-state index < -0.39 is 6.04 Å². The summed E-state index contributed by atoms with van der Waals surface area (Å²) in [5.41, 5.74) is 0.965. The van der Waals surface area contributed by atoms with Crippen LogP contribution < -0.4 is 10.1 Å². The number of ether oxygens (including phenoxy) is 1. The number of likely N-dealkylation sites (N-methyl/N-ethyl adjacent to an activating group) is 1. The van der Waals surface area contributed by atoms with Gasteiger partial charge in [-0.2, -0.15) is 0 Å². The highest BCUT2D eigenvalue weighted by molar-refractivity contribution is 5.87. The molecule has 0 saturated carbocycles. The Kier molecular flexibility index (Phi) is 7.01. The van der Waals surface area contributed by atoms with Crippen molar-refractivity contribution in [1.82, 2.24) is 10.2 Å². The van der Waals surface area contributed by atoms with Crippen LogP contribution in [0.4, 0.5) is 0 Å². The van der Waals surface area contributed by atoms with Gasteiger partial charge < -0.3 is 15.0 Å². The number of rotatable bonds is 8. The molecule has 0 aliphatic heterocycles. The molecule has 132 valence electrons. The van der Waals surface area contributed by atoms with Gasteiger partial charge in [-0.25, -0.2) is 0 Å². The van der Waals surface area contributed by atoms with Crippen molar-refractivity contribution in [3.63, 3.8) is 0 Å². The zero-order valence-electron chi connectivity index (χ0n) is 14.6. The summed E-state index contributed by atoms with van der Waals surface area (Å²) >= 11 is 0. The summed E-state index contributed by atoms with van der Waals surface area (Å²) in [5.74, 6) is 0.221. The van der Waals surface area contributed by atoms with Crippen LogP contribution in [0.15, 0.2) is 60.7 Å². The van der Waals surface area contributed by atoms with Crippen LogP contribution in [-0.2, 0) is 16.1 Å². The van der Waals surface area contributed by atoms with Crippen molar-refractivity contribution in [2.24, 2.45) is 0 Å². The smallest absolute Gasteiger partial charge is 0.261 e. The Morgan fingerprint density at radius 3 is 2.24 bits per heavy atom. The summed E-state index contributed by atoms with van der Waals surface area (Å²) in [4.78, 5) is 26.4. The molecule has 2 aromatic rings. The lowest BCUT2D eigenvalue weighted by molar-refractivity contribution is -0.142. The fourth-order valence-electron chi connectivity index (χ4n) is 2.43. The Bertz CT molecular complexity index is 674. The molecule has 0 fully saturated rings. The third kappa shape index (κ3) is 5.64. The highest BCUT2D eigenvalue weighted by Crippen LogP contribution is 2.12. The molecule has 25 heavy (non-hydrogen) atoms. The molecule has 0 bridgehead atoms. The molecular formula is C20H24N2O3. The van der Waals surface area contributed by atoms with Gasteiger partial charge in [-0.15, -0.1) is 0 Å². The van der Waals surface area contributed by atoms with Crippen molar-refractivity contribution >= 4 is 11.8 Å². The van der Waals surface area contributed by atoms with E-state index in [1.54, 1.807) is 24.0 Å². The summed E-state index contributed by atoms with van der Waals surface area (Å²) in [7, 11) is 0. The molecule has 0 aliphatic rings. The van der Waals surface area contributed by atoms with E-state index in [0.717, 1.165) is 5.56 Å². The van der Waals surface area contributed by atoms with Gasteiger partial charge in [0.05, 0.1) is 0 Å². The van der Waals surface area contributed by atoms with Crippen molar-refractivity contribution in [3.05, 3.63) is 66.2 Å². The summed E-state index contributed by atoms with van der Waals surface area (Å²) in [6.45, 7) is 4.36. The van der Waals surface area contributed by atoms with Gasteiger partial charge in [0.15, 0.2) is 6.61 Å². The molecule has 5 nitrogen and oxygen atoms in total. The average Bonchev–Trinajstić information content (AvgIpc) is 2.65. The van der Waals surface area contributed by atoms with Crippen molar-refractivity contribution in [3.8, 4) is 5.75 Å². The zero-order valence-corrected chi connectivity index (χ0v) is 14.6. The van der Waals surface area contributed by atoms with Crippen molar-refractivity contribution in [2.75, 3.05) is 13.2 Å². The Morgan fingerprint density at radius 1 is 1.04 bits per heavy atom. The Labute approximate surface area is 148 Å². The second-order valence-electron chi connectivity index (χ2n) is 5.68. The number of carbonyl (C=O) groups is 2. The minimum Gasteiger partial charge on any atom is -0.484 e. The first kappa shape index (κ1) is 18.5. The maximum Gasteiger partial charge on any atom is 0.261 e. The van der Waals surface area contributed by atoms with Crippen LogP contribution in [0.25, 0.3) is 0 Å². The summed E-state index contributed by atoms with van der Waals surface area (Å²) < 4.78 is 5.55. The number of hydrogen-bond acceptors (Lipinski definition) is 3. The molecule has 1 N–H and O–H groups in total. The fourth-order valence-corrected chi connectivity index (χ4v) is 2.43. The molecule has 1 atom stereocenters. The summed E-state index contributed by atoms with van der Waals surface area (Å²) in [6, 6.07) is 18.2. The number of amides is 2. The second kappa shape index (κ2) is 9.47. The number of carbonyl (C=O) groups excluding carboxylic acids is 2. The second-order valence-corrected chi connectivity index (χ2v) is 5.68. The Balaban J connectivity index is 2.09. The maximum atomic E-state index is 12.7. The van der Waals surface area contributed by atoms with E-state index in [1.165, 1.54) is 0 Å². The normalized spacial score (nSPS) is 11.4. The number of hydrogen-bond donors (Lipinski definition) is 1. The maximum absolute atomic E-state index is 12.7. The predicted octanol–water partition coefficient (Wildman–Crippen LogP) is 2.62. The van der Waals surface area contributed by atoms with Crippen molar-refractivity contribution < 1.29 is 14.3 Å². The number of nitrogens with zero attached hydrogens (tertiary/aromatic N) is 1. The van der Waals surface area contributed by atoms with Gasteiger partial charge in [-0.1, -0.05) is 48.5 Å². The standard InChI is InChI=1S/C20H24N2O3/c1-3-21-20(24)16(2)22(14-17-10-6-4-7-11-17)19(23)15-25-18-12-8-5-9-13-18/h4-13,16H,3,14-15H2,1-2H3,(H,21,24)/t16-/m0/s1. The quantitative estimate of drug-likeness (QED) is 0.804. The molecule has 0 unspecified atom stereocenters. The fraction of sp³-hybridized carbons (Fsp3) is 0.300. The summed E-state index contributed by atoms with van der Waals surface area (Å²) in [5, 5.41) is 2.77. The predicted molar refractivity (Wildman–Crippen MR) is 97.1 cm³/mol. The molecule has 2 aromatic carbocycles. The zero-order chi connectivity index (χ0) is 18.1.